The molecule has 94 valence electrons. The molecule has 3 aromatic heterocycles. The van der Waals surface area contributed by atoms with E-state index in [0.717, 1.165) is 0 Å². The van der Waals surface area contributed by atoms with Gasteiger partial charge in [0.2, 0.25) is 5.13 Å². The van der Waals surface area contributed by atoms with Crippen LogP contribution in [0.15, 0.2) is 47.3 Å². The topological polar surface area (TPSA) is 80.9 Å². The van der Waals surface area contributed by atoms with Gasteiger partial charge in [0, 0.05) is 12.4 Å². The Labute approximate surface area is 112 Å². The van der Waals surface area contributed by atoms with Crippen molar-refractivity contribution in [3.63, 3.8) is 0 Å². The first-order valence-electron chi connectivity index (χ1n) is 5.42. The average molecular weight is 272 g/mol. The van der Waals surface area contributed by atoms with Crippen LogP contribution in [0.5, 0.6) is 0 Å². The van der Waals surface area contributed by atoms with Gasteiger partial charge < -0.3 is 4.42 Å². The smallest absolute Gasteiger partial charge is 0.259 e. The molecule has 0 aliphatic rings. The van der Waals surface area contributed by atoms with Crippen molar-refractivity contribution in [2.75, 3.05) is 5.32 Å². The van der Waals surface area contributed by atoms with Gasteiger partial charge >= 0.3 is 0 Å². The monoisotopic (exact) mass is 272 g/mol. The fraction of sp³-hybridized carbons (Fsp3) is 0. The Hall–Kier alpha value is -2.54. The Morgan fingerprint density at radius 3 is 2.95 bits per heavy atom. The Balaban J connectivity index is 1.76. The molecule has 0 unspecified atom stereocenters. The van der Waals surface area contributed by atoms with Crippen LogP contribution >= 0.6 is 11.3 Å². The van der Waals surface area contributed by atoms with Crippen molar-refractivity contribution >= 4 is 22.4 Å². The Bertz CT molecular complexity index is 679. The molecule has 0 radical (unpaired) electrons. The molecule has 3 heterocycles. The minimum absolute atomic E-state index is 0.268. The number of rotatable bonds is 3. The number of nitrogens with one attached hydrogen (secondary N) is 1. The molecule has 3 aromatic rings. The van der Waals surface area contributed by atoms with Gasteiger partial charge in [-0.3, -0.25) is 15.1 Å². The molecular weight excluding hydrogens is 264 g/mol. The highest BCUT2D eigenvalue weighted by Gasteiger charge is 2.12. The molecule has 19 heavy (non-hydrogen) atoms. The van der Waals surface area contributed by atoms with Crippen LogP contribution in [-0.4, -0.2) is 21.1 Å². The SMILES string of the molecule is O=C(Nc1nnc(-c2ccco2)s1)c1cccnc1. The zero-order valence-electron chi connectivity index (χ0n) is 9.61. The van der Waals surface area contributed by atoms with E-state index in [1.54, 1.807) is 36.7 Å². The van der Waals surface area contributed by atoms with Gasteiger partial charge in [-0.25, -0.2) is 0 Å². The molecule has 0 aromatic carbocycles. The maximum absolute atomic E-state index is 11.9. The summed E-state index contributed by atoms with van der Waals surface area (Å²) in [7, 11) is 0. The summed E-state index contributed by atoms with van der Waals surface area (Å²) in [6.07, 6.45) is 4.66. The predicted octanol–water partition coefficient (Wildman–Crippen LogP) is 2.45. The van der Waals surface area contributed by atoms with Crippen LogP contribution in [0, 0.1) is 0 Å². The first-order valence-corrected chi connectivity index (χ1v) is 6.23. The largest absolute Gasteiger partial charge is 0.462 e. The first-order chi connectivity index (χ1) is 9.33. The lowest BCUT2D eigenvalue weighted by Crippen LogP contribution is -2.11. The third-order valence-corrected chi connectivity index (χ3v) is 3.15. The van der Waals surface area contributed by atoms with Crippen LogP contribution in [0.4, 0.5) is 5.13 Å². The zero-order valence-corrected chi connectivity index (χ0v) is 10.4. The molecular formula is C12H8N4O2S. The predicted molar refractivity (Wildman–Crippen MR) is 69.8 cm³/mol. The van der Waals surface area contributed by atoms with Gasteiger partial charge in [-0.05, 0) is 24.3 Å². The Morgan fingerprint density at radius 2 is 2.21 bits per heavy atom. The molecule has 3 rings (SSSR count). The van der Waals surface area contributed by atoms with Crippen LogP contribution in [0.2, 0.25) is 0 Å². The summed E-state index contributed by atoms with van der Waals surface area (Å²) in [5, 5.41) is 11.5. The summed E-state index contributed by atoms with van der Waals surface area (Å²) in [5.41, 5.74) is 0.470. The number of hydrogen-bond acceptors (Lipinski definition) is 6. The fourth-order valence-electron chi connectivity index (χ4n) is 1.44. The van der Waals surface area contributed by atoms with E-state index in [9.17, 15) is 4.79 Å². The van der Waals surface area contributed by atoms with E-state index in [2.05, 4.69) is 20.5 Å². The van der Waals surface area contributed by atoms with Gasteiger partial charge in [-0.15, -0.1) is 10.2 Å². The average Bonchev–Trinajstić information content (AvgIpc) is 3.10. The fourth-order valence-corrected chi connectivity index (χ4v) is 2.15. The summed E-state index contributed by atoms with van der Waals surface area (Å²) in [4.78, 5) is 15.8. The van der Waals surface area contributed by atoms with E-state index < -0.39 is 0 Å². The number of amides is 1. The van der Waals surface area contributed by atoms with Crippen molar-refractivity contribution < 1.29 is 9.21 Å². The van der Waals surface area contributed by atoms with Crippen molar-refractivity contribution in [1.29, 1.82) is 0 Å². The van der Waals surface area contributed by atoms with Crippen molar-refractivity contribution in [3.8, 4) is 10.8 Å². The third-order valence-electron chi connectivity index (χ3n) is 2.30. The highest BCUT2D eigenvalue weighted by Crippen LogP contribution is 2.26. The molecule has 0 spiro atoms. The number of carbonyl (C=O) groups is 1. The van der Waals surface area contributed by atoms with E-state index in [1.165, 1.54) is 17.5 Å². The first kappa shape index (κ1) is 11.5. The molecule has 0 fully saturated rings. The van der Waals surface area contributed by atoms with Crippen molar-refractivity contribution in [3.05, 3.63) is 48.5 Å². The number of hydrogen-bond donors (Lipinski definition) is 1. The molecule has 0 aliphatic heterocycles. The lowest BCUT2D eigenvalue weighted by Gasteiger charge is -1.98. The van der Waals surface area contributed by atoms with Crippen LogP contribution in [-0.2, 0) is 0 Å². The maximum Gasteiger partial charge on any atom is 0.259 e. The summed E-state index contributed by atoms with van der Waals surface area (Å²) in [6.45, 7) is 0. The van der Waals surface area contributed by atoms with Gasteiger partial charge in [0.25, 0.3) is 5.91 Å². The van der Waals surface area contributed by atoms with Gasteiger partial charge in [0.05, 0.1) is 11.8 Å². The summed E-state index contributed by atoms with van der Waals surface area (Å²) in [6, 6.07) is 6.93. The van der Waals surface area contributed by atoms with E-state index >= 15 is 0 Å². The quantitative estimate of drug-likeness (QED) is 0.792. The Kier molecular flexibility index (Phi) is 3.03. The van der Waals surface area contributed by atoms with E-state index in [1.807, 2.05) is 0 Å². The summed E-state index contributed by atoms with van der Waals surface area (Å²) >= 11 is 1.25. The summed E-state index contributed by atoms with van der Waals surface area (Å²) in [5.74, 6) is 0.356. The second-order valence-electron chi connectivity index (χ2n) is 3.59. The van der Waals surface area contributed by atoms with Crippen LogP contribution in [0.25, 0.3) is 10.8 Å². The van der Waals surface area contributed by atoms with Gasteiger partial charge in [0.15, 0.2) is 10.8 Å². The molecule has 0 bridgehead atoms. The molecule has 0 saturated carbocycles. The van der Waals surface area contributed by atoms with E-state index in [-0.39, 0.29) is 5.91 Å². The molecule has 0 atom stereocenters. The lowest BCUT2D eigenvalue weighted by molar-refractivity contribution is 0.102. The molecule has 6 nitrogen and oxygen atoms in total. The van der Waals surface area contributed by atoms with Crippen molar-refractivity contribution in [2.24, 2.45) is 0 Å². The minimum atomic E-state index is -0.268. The van der Waals surface area contributed by atoms with Crippen LogP contribution in [0.3, 0.4) is 0 Å². The number of nitrogens with zero attached hydrogens (tertiary/aromatic N) is 3. The second-order valence-corrected chi connectivity index (χ2v) is 4.56. The van der Waals surface area contributed by atoms with E-state index in [0.29, 0.717) is 21.5 Å². The minimum Gasteiger partial charge on any atom is -0.462 e. The Morgan fingerprint density at radius 1 is 1.26 bits per heavy atom. The number of furan rings is 1. The standard InChI is InChI=1S/C12H8N4O2S/c17-10(8-3-1-5-13-7-8)14-12-16-15-11(19-12)9-4-2-6-18-9/h1-7H,(H,14,16,17). The highest BCUT2D eigenvalue weighted by molar-refractivity contribution is 7.18. The van der Waals surface area contributed by atoms with Gasteiger partial charge in [-0.2, -0.15) is 0 Å². The number of anilines is 1. The number of pyridine rings is 1. The maximum atomic E-state index is 11.9. The molecule has 0 aliphatic carbocycles. The van der Waals surface area contributed by atoms with Gasteiger partial charge in [-0.1, -0.05) is 11.3 Å². The second kappa shape index (κ2) is 4.99. The molecule has 7 heteroatoms. The molecule has 1 amide bonds. The summed E-state index contributed by atoms with van der Waals surface area (Å²) < 4.78 is 5.21. The normalized spacial score (nSPS) is 10.3. The molecule has 1 N–H and O–H groups in total. The van der Waals surface area contributed by atoms with Crippen molar-refractivity contribution in [2.45, 2.75) is 0 Å². The highest BCUT2D eigenvalue weighted by atomic mass is 32.1. The van der Waals surface area contributed by atoms with Crippen molar-refractivity contribution in [1.82, 2.24) is 15.2 Å². The number of aromatic nitrogens is 3. The third kappa shape index (κ3) is 2.50. The van der Waals surface area contributed by atoms with Gasteiger partial charge in [0.1, 0.15) is 0 Å². The van der Waals surface area contributed by atoms with Crippen LogP contribution < -0.4 is 5.32 Å². The number of carbonyl (C=O) groups excluding carboxylic acids is 1. The van der Waals surface area contributed by atoms with Crippen LogP contribution in [0.1, 0.15) is 10.4 Å². The van der Waals surface area contributed by atoms with E-state index in [4.69, 9.17) is 4.42 Å². The lowest BCUT2D eigenvalue weighted by atomic mass is 10.3. The molecule has 0 saturated heterocycles. The zero-order chi connectivity index (χ0) is 13.1.